The standard InChI is InChI=1S/C11H7BrF3N3S/c12-7-4-17-5-8(16)10(7)19-9-2-1-6(3-18-9)11(13,14)15/h1-5H,16H2. The molecule has 2 N–H and O–H groups in total. The van der Waals surface area contributed by atoms with Crippen molar-refractivity contribution >= 4 is 33.4 Å². The molecule has 2 aromatic rings. The molecule has 2 heterocycles. The molecule has 0 fully saturated rings. The highest BCUT2D eigenvalue weighted by Gasteiger charge is 2.30. The highest BCUT2D eigenvalue weighted by Crippen LogP contribution is 2.37. The topological polar surface area (TPSA) is 51.8 Å². The smallest absolute Gasteiger partial charge is 0.397 e. The van der Waals surface area contributed by atoms with Crippen molar-refractivity contribution in [3.8, 4) is 0 Å². The third kappa shape index (κ3) is 3.38. The lowest BCUT2D eigenvalue weighted by Gasteiger charge is -2.08. The van der Waals surface area contributed by atoms with Crippen molar-refractivity contribution in [2.45, 2.75) is 16.1 Å². The van der Waals surface area contributed by atoms with Gasteiger partial charge in [0.25, 0.3) is 0 Å². The first-order valence-corrected chi connectivity index (χ1v) is 6.59. The Labute approximate surface area is 119 Å². The van der Waals surface area contributed by atoms with Gasteiger partial charge in [-0.25, -0.2) is 4.98 Å². The molecule has 0 aliphatic heterocycles. The zero-order valence-corrected chi connectivity index (χ0v) is 11.7. The van der Waals surface area contributed by atoms with Gasteiger partial charge in [0.1, 0.15) is 5.03 Å². The monoisotopic (exact) mass is 349 g/mol. The van der Waals surface area contributed by atoms with Crippen LogP contribution in [-0.2, 0) is 6.18 Å². The lowest BCUT2D eigenvalue weighted by Crippen LogP contribution is -2.05. The Kier molecular flexibility index (Phi) is 4.00. The molecule has 0 unspecified atom stereocenters. The Bertz CT molecular complexity index is 566. The molecule has 0 aliphatic rings. The second-order valence-electron chi connectivity index (χ2n) is 3.52. The van der Waals surface area contributed by atoms with E-state index in [2.05, 4.69) is 25.9 Å². The van der Waals surface area contributed by atoms with E-state index in [1.807, 2.05) is 0 Å². The third-order valence-electron chi connectivity index (χ3n) is 2.15. The van der Waals surface area contributed by atoms with Crippen LogP contribution < -0.4 is 5.73 Å². The number of alkyl halides is 3. The van der Waals surface area contributed by atoms with Crippen molar-refractivity contribution in [2.24, 2.45) is 0 Å². The Morgan fingerprint density at radius 1 is 1.16 bits per heavy atom. The van der Waals surface area contributed by atoms with Gasteiger partial charge in [-0.3, -0.25) is 4.98 Å². The second-order valence-corrected chi connectivity index (χ2v) is 5.41. The summed E-state index contributed by atoms with van der Waals surface area (Å²) in [4.78, 5) is 8.32. The minimum atomic E-state index is -4.38. The molecule has 2 rings (SSSR count). The largest absolute Gasteiger partial charge is 0.417 e. The maximum atomic E-state index is 12.4. The summed E-state index contributed by atoms with van der Waals surface area (Å²) in [7, 11) is 0. The lowest BCUT2D eigenvalue weighted by atomic mass is 10.3. The van der Waals surface area contributed by atoms with Crippen LogP contribution in [0.4, 0.5) is 18.9 Å². The van der Waals surface area contributed by atoms with Crippen LogP contribution in [0.5, 0.6) is 0 Å². The van der Waals surface area contributed by atoms with Crippen molar-refractivity contribution in [1.82, 2.24) is 9.97 Å². The van der Waals surface area contributed by atoms with E-state index in [0.717, 1.165) is 12.3 Å². The van der Waals surface area contributed by atoms with E-state index in [1.54, 1.807) is 6.20 Å². The molecule has 0 spiro atoms. The van der Waals surface area contributed by atoms with E-state index < -0.39 is 11.7 Å². The number of pyridine rings is 2. The van der Waals surface area contributed by atoms with Crippen LogP contribution in [0.3, 0.4) is 0 Å². The molecule has 0 atom stereocenters. The second kappa shape index (κ2) is 5.38. The van der Waals surface area contributed by atoms with Crippen LogP contribution in [0.1, 0.15) is 5.56 Å². The summed E-state index contributed by atoms with van der Waals surface area (Å²) in [5.74, 6) is 0. The van der Waals surface area contributed by atoms with E-state index >= 15 is 0 Å². The Hall–Kier alpha value is -1.28. The van der Waals surface area contributed by atoms with Crippen LogP contribution >= 0.6 is 27.7 Å². The zero-order valence-electron chi connectivity index (χ0n) is 9.28. The maximum absolute atomic E-state index is 12.4. The van der Waals surface area contributed by atoms with E-state index in [1.165, 1.54) is 24.0 Å². The normalized spacial score (nSPS) is 11.6. The first-order valence-electron chi connectivity index (χ1n) is 4.98. The molecule has 2 aromatic heterocycles. The number of nitrogen functional groups attached to an aromatic ring is 1. The van der Waals surface area contributed by atoms with Crippen LogP contribution in [0.15, 0.2) is 45.1 Å². The SMILES string of the molecule is Nc1cncc(Br)c1Sc1ccc(C(F)(F)F)cn1. The number of anilines is 1. The minimum Gasteiger partial charge on any atom is -0.397 e. The van der Waals surface area contributed by atoms with Gasteiger partial charge in [-0.2, -0.15) is 13.2 Å². The van der Waals surface area contributed by atoms with Gasteiger partial charge < -0.3 is 5.73 Å². The number of hydrogen-bond donors (Lipinski definition) is 1. The van der Waals surface area contributed by atoms with Gasteiger partial charge in [0.2, 0.25) is 0 Å². The van der Waals surface area contributed by atoms with Gasteiger partial charge in [-0.05, 0) is 28.1 Å². The van der Waals surface area contributed by atoms with Crippen molar-refractivity contribution in [3.63, 3.8) is 0 Å². The van der Waals surface area contributed by atoms with E-state index in [-0.39, 0.29) is 0 Å². The highest BCUT2D eigenvalue weighted by atomic mass is 79.9. The van der Waals surface area contributed by atoms with Crippen molar-refractivity contribution < 1.29 is 13.2 Å². The Morgan fingerprint density at radius 3 is 2.42 bits per heavy atom. The molecular formula is C11H7BrF3N3S. The molecule has 3 nitrogen and oxygen atoms in total. The molecule has 0 amide bonds. The van der Waals surface area contributed by atoms with Gasteiger partial charge >= 0.3 is 6.18 Å². The summed E-state index contributed by atoms with van der Waals surface area (Å²) in [5.41, 5.74) is 5.40. The van der Waals surface area contributed by atoms with Gasteiger partial charge in [0.15, 0.2) is 0 Å². The fourth-order valence-corrected chi connectivity index (χ4v) is 2.62. The average molecular weight is 350 g/mol. The predicted molar refractivity (Wildman–Crippen MR) is 69.7 cm³/mol. The number of rotatable bonds is 2. The third-order valence-corrected chi connectivity index (χ3v) is 4.12. The van der Waals surface area contributed by atoms with Gasteiger partial charge in [-0.1, -0.05) is 11.8 Å². The molecule has 100 valence electrons. The summed E-state index contributed by atoms with van der Waals surface area (Å²) in [6.07, 6.45) is -0.556. The fourth-order valence-electron chi connectivity index (χ4n) is 1.26. The van der Waals surface area contributed by atoms with Gasteiger partial charge in [-0.15, -0.1) is 0 Å². The summed E-state index contributed by atoms with van der Waals surface area (Å²) in [6, 6.07) is 2.29. The van der Waals surface area contributed by atoms with Crippen LogP contribution in [0.2, 0.25) is 0 Å². The van der Waals surface area contributed by atoms with E-state index in [4.69, 9.17) is 5.73 Å². The predicted octanol–water partition coefficient (Wildman–Crippen LogP) is 3.99. The molecule has 0 bridgehead atoms. The van der Waals surface area contributed by atoms with Crippen LogP contribution in [-0.4, -0.2) is 9.97 Å². The number of halogens is 4. The highest BCUT2D eigenvalue weighted by molar-refractivity contribution is 9.10. The minimum absolute atomic E-state index is 0.423. The van der Waals surface area contributed by atoms with Gasteiger partial charge in [0, 0.05) is 12.4 Å². The number of nitrogens with two attached hydrogens (primary N) is 1. The Morgan fingerprint density at radius 2 is 1.89 bits per heavy atom. The summed E-state index contributed by atoms with van der Waals surface area (Å²) < 4.78 is 37.8. The molecule has 19 heavy (non-hydrogen) atoms. The van der Waals surface area contributed by atoms with E-state index in [0.29, 0.717) is 20.1 Å². The lowest BCUT2D eigenvalue weighted by molar-refractivity contribution is -0.137. The van der Waals surface area contributed by atoms with Crippen LogP contribution in [0.25, 0.3) is 0 Å². The fraction of sp³-hybridized carbons (Fsp3) is 0.0909. The Balaban J connectivity index is 2.25. The van der Waals surface area contributed by atoms with Crippen molar-refractivity contribution in [1.29, 1.82) is 0 Å². The first-order chi connectivity index (χ1) is 8.88. The quantitative estimate of drug-likeness (QED) is 0.890. The molecular weight excluding hydrogens is 343 g/mol. The number of hydrogen-bond acceptors (Lipinski definition) is 4. The molecule has 0 aromatic carbocycles. The van der Waals surface area contributed by atoms with E-state index in [9.17, 15) is 13.2 Å². The number of aromatic nitrogens is 2. The number of nitrogens with zero attached hydrogens (tertiary/aromatic N) is 2. The zero-order chi connectivity index (χ0) is 14.0. The first kappa shape index (κ1) is 14.1. The molecule has 0 aliphatic carbocycles. The molecule has 0 radical (unpaired) electrons. The molecule has 0 saturated heterocycles. The maximum Gasteiger partial charge on any atom is 0.417 e. The van der Waals surface area contributed by atoms with Crippen molar-refractivity contribution in [2.75, 3.05) is 5.73 Å². The van der Waals surface area contributed by atoms with Crippen molar-refractivity contribution in [3.05, 3.63) is 40.8 Å². The summed E-state index contributed by atoms with van der Waals surface area (Å²) >= 11 is 4.45. The summed E-state index contributed by atoms with van der Waals surface area (Å²) in [6.45, 7) is 0. The molecule has 8 heteroatoms. The van der Waals surface area contributed by atoms with Crippen LogP contribution in [0, 0.1) is 0 Å². The summed E-state index contributed by atoms with van der Waals surface area (Å²) in [5, 5.41) is 0.423. The average Bonchev–Trinajstić information content (AvgIpc) is 2.33. The van der Waals surface area contributed by atoms with Gasteiger partial charge in [0.05, 0.1) is 26.8 Å². The molecule has 0 saturated carbocycles.